The Kier molecular flexibility index (Phi) is 7.08. The molecule has 3 fully saturated rings. The second-order valence-corrected chi connectivity index (χ2v) is 9.38. The smallest absolute Gasteiger partial charge is 0.173 e. The van der Waals surface area contributed by atoms with Crippen LogP contribution in [0.3, 0.4) is 0 Å². The monoisotopic (exact) mass is 456 g/mol. The number of benzene rings is 1. The Hall–Kier alpha value is -2.23. The van der Waals surface area contributed by atoms with Gasteiger partial charge in [-0.15, -0.1) is 5.10 Å². The fraction of sp³-hybridized carbons (Fsp3) is 0.708. The third-order valence-corrected chi connectivity index (χ3v) is 7.48. The van der Waals surface area contributed by atoms with E-state index in [0.717, 1.165) is 74.6 Å². The molecule has 9 heteroatoms. The molecule has 1 aromatic carbocycles. The molecule has 1 saturated carbocycles. The fourth-order valence-corrected chi connectivity index (χ4v) is 5.69. The number of piperazine rings is 1. The average Bonchev–Trinajstić information content (AvgIpc) is 3.64. The van der Waals surface area contributed by atoms with E-state index >= 15 is 0 Å². The highest BCUT2D eigenvalue weighted by Crippen LogP contribution is 2.36. The lowest BCUT2D eigenvalue weighted by atomic mass is 10.0. The van der Waals surface area contributed by atoms with Crippen molar-refractivity contribution >= 4 is 0 Å². The Bertz CT molecular complexity index is 901. The van der Waals surface area contributed by atoms with Crippen LogP contribution in [0.15, 0.2) is 18.2 Å². The van der Waals surface area contributed by atoms with Crippen molar-refractivity contribution in [2.75, 3.05) is 47.0 Å². The molecule has 1 aromatic heterocycles. The first-order chi connectivity index (χ1) is 16.3. The third kappa shape index (κ3) is 4.85. The Morgan fingerprint density at radius 1 is 1.00 bits per heavy atom. The van der Waals surface area contributed by atoms with E-state index in [1.807, 2.05) is 10.7 Å². The standard InChI is InChI=1S/C24H36N6O3/c1-31-21-10-9-18(16-22(21)32-2)23(24-25-26-27-30(24)17-20-8-5-15-33-20)29-13-11-28(12-14-29)19-6-3-4-7-19/h9-10,16,19-20,23H,3-8,11-15,17H2,1-2H3/t20-,23-/m1/s1. The molecule has 9 nitrogen and oxygen atoms in total. The maximum atomic E-state index is 5.88. The van der Waals surface area contributed by atoms with Gasteiger partial charge in [0.15, 0.2) is 17.3 Å². The maximum Gasteiger partial charge on any atom is 0.173 e. The molecule has 3 heterocycles. The highest BCUT2D eigenvalue weighted by Gasteiger charge is 2.34. The van der Waals surface area contributed by atoms with Gasteiger partial charge in [-0.1, -0.05) is 18.9 Å². The van der Waals surface area contributed by atoms with Crippen LogP contribution in [-0.4, -0.2) is 89.2 Å². The summed E-state index contributed by atoms with van der Waals surface area (Å²) >= 11 is 0. The molecular formula is C24H36N6O3. The predicted octanol–water partition coefficient (Wildman–Crippen LogP) is 2.52. The van der Waals surface area contributed by atoms with Gasteiger partial charge in [-0.3, -0.25) is 9.80 Å². The van der Waals surface area contributed by atoms with Gasteiger partial charge in [-0.05, 0) is 53.8 Å². The molecule has 0 radical (unpaired) electrons. The number of ether oxygens (including phenoxy) is 3. The zero-order chi connectivity index (χ0) is 22.6. The van der Waals surface area contributed by atoms with Crippen LogP contribution in [0.25, 0.3) is 0 Å². The average molecular weight is 457 g/mol. The number of rotatable bonds is 8. The number of hydrogen-bond acceptors (Lipinski definition) is 8. The zero-order valence-corrected chi connectivity index (χ0v) is 19.9. The molecule has 33 heavy (non-hydrogen) atoms. The van der Waals surface area contributed by atoms with Crippen molar-refractivity contribution in [2.24, 2.45) is 0 Å². The van der Waals surface area contributed by atoms with Crippen LogP contribution in [0.2, 0.25) is 0 Å². The maximum absolute atomic E-state index is 5.88. The molecule has 2 aromatic rings. The van der Waals surface area contributed by atoms with Gasteiger partial charge in [0, 0.05) is 38.8 Å². The number of aromatic nitrogens is 4. The molecule has 0 N–H and O–H groups in total. The molecule has 0 bridgehead atoms. The van der Waals surface area contributed by atoms with Gasteiger partial charge in [0.25, 0.3) is 0 Å². The van der Waals surface area contributed by atoms with E-state index in [1.165, 1.54) is 25.7 Å². The minimum atomic E-state index is -0.0491. The summed E-state index contributed by atoms with van der Waals surface area (Å²) in [6, 6.07) is 6.87. The number of tetrazole rings is 1. The van der Waals surface area contributed by atoms with Gasteiger partial charge >= 0.3 is 0 Å². The van der Waals surface area contributed by atoms with Gasteiger partial charge in [-0.25, -0.2) is 4.68 Å². The molecule has 0 unspecified atom stereocenters. The number of hydrogen-bond donors (Lipinski definition) is 0. The van der Waals surface area contributed by atoms with Crippen LogP contribution < -0.4 is 9.47 Å². The van der Waals surface area contributed by atoms with Crippen LogP contribution in [0, 0.1) is 0 Å². The summed E-state index contributed by atoms with van der Waals surface area (Å²) in [5, 5.41) is 13.0. The van der Waals surface area contributed by atoms with E-state index in [2.05, 4.69) is 37.5 Å². The molecule has 2 atom stereocenters. The van der Waals surface area contributed by atoms with E-state index < -0.39 is 0 Å². The summed E-state index contributed by atoms with van der Waals surface area (Å²) in [6.07, 6.45) is 7.77. The molecule has 1 aliphatic carbocycles. The largest absolute Gasteiger partial charge is 0.493 e. The molecule has 0 amide bonds. The van der Waals surface area contributed by atoms with E-state index in [9.17, 15) is 0 Å². The van der Waals surface area contributed by atoms with Gasteiger partial charge < -0.3 is 14.2 Å². The molecule has 2 aliphatic heterocycles. The summed E-state index contributed by atoms with van der Waals surface area (Å²) in [5.74, 6) is 2.32. The van der Waals surface area contributed by atoms with Crippen molar-refractivity contribution in [1.29, 1.82) is 0 Å². The number of nitrogens with zero attached hydrogens (tertiary/aromatic N) is 6. The van der Waals surface area contributed by atoms with Crippen molar-refractivity contribution < 1.29 is 14.2 Å². The molecular weight excluding hydrogens is 420 g/mol. The van der Waals surface area contributed by atoms with Crippen LogP contribution in [0.1, 0.15) is 56.0 Å². The van der Waals surface area contributed by atoms with Crippen molar-refractivity contribution in [1.82, 2.24) is 30.0 Å². The first kappa shape index (κ1) is 22.6. The van der Waals surface area contributed by atoms with Crippen LogP contribution >= 0.6 is 0 Å². The van der Waals surface area contributed by atoms with E-state index in [0.29, 0.717) is 6.54 Å². The van der Waals surface area contributed by atoms with Crippen molar-refractivity contribution in [3.05, 3.63) is 29.6 Å². The molecule has 5 rings (SSSR count). The molecule has 0 spiro atoms. The fourth-order valence-electron chi connectivity index (χ4n) is 5.69. The summed E-state index contributed by atoms with van der Waals surface area (Å²) in [5.41, 5.74) is 1.12. The predicted molar refractivity (Wildman–Crippen MR) is 124 cm³/mol. The highest BCUT2D eigenvalue weighted by atomic mass is 16.5. The van der Waals surface area contributed by atoms with E-state index in [1.54, 1.807) is 14.2 Å². The van der Waals surface area contributed by atoms with Crippen LogP contribution in [0.5, 0.6) is 11.5 Å². The Labute approximate surface area is 196 Å². The van der Waals surface area contributed by atoms with Gasteiger partial charge in [0.2, 0.25) is 0 Å². The lowest BCUT2D eigenvalue weighted by Crippen LogP contribution is -2.51. The first-order valence-electron chi connectivity index (χ1n) is 12.3. The minimum Gasteiger partial charge on any atom is -0.493 e. The second-order valence-electron chi connectivity index (χ2n) is 9.38. The quantitative estimate of drug-likeness (QED) is 0.600. The van der Waals surface area contributed by atoms with Crippen molar-refractivity contribution in [3.8, 4) is 11.5 Å². The Balaban J connectivity index is 1.43. The van der Waals surface area contributed by atoms with Crippen molar-refractivity contribution in [2.45, 2.75) is 63.3 Å². The lowest BCUT2D eigenvalue weighted by molar-refractivity contribution is 0.0719. The number of methoxy groups -OCH3 is 2. The third-order valence-electron chi connectivity index (χ3n) is 7.48. The summed E-state index contributed by atoms with van der Waals surface area (Å²) in [6.45, 7) is 5.66. The van der Waals surface area contributed by atoms with Gasteiger partial charge in [0.05, 0.1) is 32.9 Å². The first-order valence-corrected chi connectivity index (χ1v) is 12.3. The zero-order valence-electron chi connectivity index (χ0n) is 19.9. The molecule has 3 aliphatic rings. The van der Waals surface area contributed by atoms with E-state index in [4.69, 9.17) is 14.2 Å². The Morgan fingerprint density at radius 2 is 1.79 bits per heavy atom. The molecule has 180 valence electrons. The minimum absolute atomic E-state index is 0.0491. The van der Waals surface area contributed by atoms with Crippen LogP contribution in [0.4, 0.5) is 0 Å². The summed E-state index contributed by atoms with van der Waals surface area (Å²) in [7, 11) is 3.35. The molecule has 2 saturated heterocycles. The van der Waals surface area contributed by atoms with Gasteiger partial charge in [0.1, 0.15) is 0 Å². The van der Waals surface area contributed by atoms with Crippen LogP contribution in [-0.2, 0) is 11.3 Å². The van der Waals surface area contributed by atoms with Gasteiger partial charge in [-0.2, -0.15) is 0 Å². The summed E-state index contributed by atoms with van der Waals surface area (Å²) in [4.78, 5) is 5.20. The SMILES string of the molecule is COc1ccc([C@H](c2nnnn2C[C@H]2CCCO2)N2CCN(C3CCCC3)CC2)cc1OC. The second kappa shape index (κ2) is 10.4. The normalized spacial score (nSPS) is 23.8. The lowest BCUT2D eigenvalue weighted by Gasteiger charge is -2.41. The topological polar surface area (TPSA) is 77.8 Å². The van der Waals surface area contributed by atoms with Crippen molar-refractivity contribution in [3.63, 3.8) is 0 Å². The Morgan fingerprint density at radius 3 is 2.48 bits per heavy atom. The van der Waals surface area contributed by atoms with E-state index in [-0.39, 0.29) is 12.1 Å². The highest BCUT2D eigenvalue weighted by molar-refractivity contribution is 5.45. The summed E-state index contributed by atoms with van der Waals surface area (Å²) < 4.78 is 18.9.